The first-order valence-electron chi connectivity index (χ1n) is 10.2. The van der Waals surface area contributed by atoms with Crippen molar-refractivity contribution in [3.05, 3.63) is 109 Å². The number of aromatic nitrogens is 2. The van der Waals surface area contributed by atoms with E-state index >= 15 is 0 Å². The number of hydrogen-bond donors (Lipinski definition) is 1. The molecule has 0 atom stereocenters. The predicted molar refractivity (Wildman–Crippen MR) is 128 cm³/mol. The molecule has 3 aromatic carbocycles. The maximum absolute atomic E-state index is 12.8. The highest BCUT2D eigenvalue weighted by Gasteiger charge is 2.15. The molecule has 158 valence electrons. The maximum atomic E-state index is 12.8. The minimum Gasteiger partial charge on any atom is -0.306 e. The van der Waals surface area contributed by atoms with Crippen LogP contribution in [0.15, 0.2) is 108 Å². The lowest BCUT2D eigenvalue weighted by molar-refractivity contribution is 0.601. The van der Waals surface area contributed by atoms with Crippen LogP contribution in [-0.4, -0.2) is 17.8 Å². The largest absolute Gasteiger partial charge is 0.306 e. The van der Waals surface area contributed by atoms with Gasteiger partial charge in [0.2, 0.25) is 0 Å². The molecule has 0 saturated heterocycles. The van der Waals surface area contributed by atoms with Gasteiger partial charge in [-0.3, -0.25) is 4.72 Å². The third-order valence-electron chi connectivity index (χ3n) is 5.38. The summed E-state index contributed by atoms with van der Waals surface area (Å²) in [5.41, 5.74) is 6.28. The van der Waals surface area contributed by atoms with Gasteiger partial charge in [-0.05, 0) is 53.9 Å². The van der Waals surface area contributed by atoms with Crippen molar-refractivity contribution in [1.29, 1.82) is 0 Å². The highest BCUT2D eigenvalue weighted by atomic mass is 32.2. The molecule has 2 aromatic heterocycles. The highest BCUT2D eigenvalue weighted by molar-refractivity contribution is 7.92. The van der Waals surface area contributed by atoms with Gasteiger partial charge < -0.3 is 4.40 Å². The van der Waals surface area contributed by atoms with E-state index in [2.05, 4.69) is 4.72 Å². The fraction of sp³-hybridized carbons (Fsp3) is 0.0385. The SMILES string of the molecule is Cc1cccn2cc(-c3ccc(NS(=O)(=O)c4ccc(-c5ccccc5)cc4)cc3)nc12. The molecule has 0 bridgehead atoms. The van der Waals surface area contributed by atoms with Crippen molar-refractivity contribution in [1.82, 2.24) is 9.38 Å². The number of pyridine rings is 1. The van der Waals surface area contributed by atoms with Crippen molar-refractivity contribution in [3.8, 4) is 22.4 Å². The Balaban J connectivity index is 1.35. The second kappa shape index (κ2) is 7.98. The molecule has 0 fully saturated rings. The highest BCUT2D eigenvalue weighted by Crippen LogP contribution is 2.25. The second-order valence-corrected chi connectivity index (χ2v) is 9.30. The first-order valence-corrected chi connectivity index (χ1v) is 11.7. The van der Waals surface area contributed by atoms with Gasteiger partial charge in [0.15, 0.2) is 0 Å². The van der Waals surface area contributed by atoms with Crippen LogP contribution in [0.1, 0.15) is 5.56 Å². The lowest BCUT2D eigenvalue weighted by Gasteiger charge is -2.09. The van der Waals surface area contributed by atoms with Gasteiger partial charge in [-0.25, -0.2) is 13.4 Å². The number of nitrogens with zero attached hydrogens (tertiary/aromatic N) is 2. The number of hydrogen-bond acceptors (Lipinski definition) is 3. The molecule has 6 heteroatoms. The summed E-state index contributed by atoms with van der Waals surface area (Å²) >= 11 is 0. The van der Waals surface area contributed by atoms with E-state index in [1.54, 1.807) is 24.3 Å². The van der Waals surface area contributed by atoms with E-state index in [1.165, 1.54) is 0 Å². The molecule has 0 unspecified atom stereocenters. The normalized spacial score (nSPS) is 11.5. The Morgan fingerprint density at radius 1 is 0.750 bits per heavy atom. The first kappa shape index (κ1) is 20.0. The average molecular weight is 440 g/mol. The third kappa shape index (κ3) is 3.88. The molecule has 2 heterocycles. The molecule has 5 rings (SSSR count). The molecule has 0 aliphatic heterocycles. The van der Waals surface area contributed by atoms with Crippen LogP contribution >= 0.6 is 0 Å². The molecule has 0 aliphatic carbocycles. The number of aryl methyl sites for hydroxylation is 1. The Bertz CT molecular complexity index is 1490. The summed E-state index contributed by atoms with van der Waals surface area (Å²) in [5.74, 6) is 0. The molecule has 32 heavy (non-hydrogen) atoms. The van der Waals surface area contributed by atoms with Gasteiger partial charge in [0.1, 0.15) is 5.65 Å². The predicted octanol–water partition coefficient (Wildman–Crippen LogP) is 5.78. The molecule has 5 aromatic rings. The number of benzene rings is 3. The Hall–Kier alpha value is -3.90. The van der Waals surface area contributed by atoms with Crippen LogP contribution in [0.4, 0.5) is 5.69 Å². The third-order valence-corrected chi connectivity index (χ3v) is 6.78. The summed E-state index contributed by atoms with van der Waals surface area (Å²) in [5, 5.41) is 0. The van der Waals surface area contributed by atoms with E-state index in [0.717, 1.165) is 33.6 Å². The minimum atomic E-state index is -3.69. The van der Waals surface area contributed by atoms with Crippen LogP contribution in [-0.2, 0) is 10.0 Å². The van der Waals surface area contributed by atoms with Crippen molar-refractivity contribution in [2.45, 2.75) is 11.8 Å². The standard InChI is InChI=1S/C26H21N3O2S/c1-19-6-5-17-29-18-25(27-26(19)29)22-9-13-23(14-10-22)28-32(30,31)24-15-11-21(12-16-24)20-7-3-2-4-8-20/h2-18,28H,1H3. The Morgan fingerprint density at radius 2 is 1.41 bits per heavy atom. The van der Waals surface area contributed by atoms with E-state index in [0.29, 0.717) is 5.69 Å². The molecule has 0 aliphatic rings. The fourth-order valence-corrected chi connectivity index (χ4v) is 4.73. The van der Waals surface area contributed by atoms with Crippen molar-refractivity contribution in [2.75, 3.05) is 4.72 Å². The summed E-state index contributed by atoms with van der Waals surface area (Å²) < 4.78 is 30.3. The van der Waals surface area contributed by atoms with Crippen LogP contribution in [0.25, 0.3) is 28.0 Å². The zero-order valence-corrected chi connectivity index (χ0v) is 18.3. The van der Waals surface area contributed by atoms with Crippen LogP contribution in [0, 0.1) is 6.92 Å². The van der Waals surface area contributed by atoms with Crippen molar-refractivity contribution < 1.29 is 8.42 Å². The Kier molecular flexibility index (Phi) is 4.99. The molecule has 0 saturated carbocycles. The van der Waals surface area contributed by atoms with Gasteiger partial charge in [0.25, 0.3) is 10.0 Å². The van der Waals surface area contributed by atoms with Gasteiger partial charge >= 0.3 is 0 Å². The number of nitrogens with one attached hydrogen (secondary N) is 1. The average Bonchev–Trinajstić information content (AvgIpc) is 3.26. The minimum absolute atomic E-state index is 0.220. The van der Waals surface area contributed by atoms with Crippen LogP contribution in [0.3, 0.4) is 0 Å². The van der Waals surface area contributed by atoms with Gasteiger partial charge in [-0.15, -0.1) is 0 Å². The number of imidazole rings is 1. The topological polar surface area (TPSA) is 63.5 Å². The molecule has 0 amide bonds. The van der Waals surface area contributed by atoms with Crippen LogP contribution in [0.2, 0.25) is 0 Å². The quantitative estimate of drug-likeness (QED) is 0.378. The molecular weight excluding hydrogens is 418 g/mol. The summed E-state index contributed by atoms with van der Waals surface area (Å²) in [7, 11) is -3.69. The Labute approximate surface area is 187 Å². The van der Waals surface area contributed by atoms with Gasteiger partial charge in [-0.1, -0.05) is 60.7 Å². The molecule has 5 nitrogen and oxygen atoms in total. The van der Waals surface area contributed by atoms with Crippen molar-refractivity contribution in [2.24, 2.45) is 0 Å². The van der Waals surface area contributed by atoms with Gasteiger partial charge in [0.05, 0.1) is 10.6 Å². The summed E-state index contributed by atoms with van der Waals surface area (Å²) in [6.07, 6.45) is 3.93. The van der Waals surface area contributed by atoms with E-state index in [1.807, 2.05) is 90.4 Å². The van der Waals surface area contributed by atoms with E-state index < -0.39 is 10.0 Å². The number of rotatable bonds is 5. The van der Waals surface area contributed by atoms with Crippen molar-refractivity contribution in [3.63, 3.8) is 0 Å². The lowest BCUT2D eigenvalue weighted by atomic mass is 10.1. The van der Waals surface area contributed by atoms with E-state index in [-0.39, 0.29) is 4.90 Å². The zero-order chi connectivity index (χ0) is 22.1. The summed E-state index contributed by atoms with van der Waals surface area (Å²) in [6.45, 7) is 2.02. The van der Waals surface area contributed by atoms with Gasteiger partial charge in [0, 0.05) is 23.6 Å². The molecule has 1 N–H and O–H groups in total. The monoisotopic (exact) mass is 439 g/mol. The van der Waals surface area contributed by atoms with Crippen LogP contribution in [0.5, 0.6) is 0 Å². The fourth-order valence-electron chi connectivity index (χ4n) is 3.67. The van der Waals surface area contributed by atoms with E-state index in [9.17, 15) is 8.42 Å². The maximum Gasteiger partial charge on any atom is 0.261 e. The lowest BCUT2D eigenvalue weighted by Crippen LogP contribution is -2.12. The summed E-state index contributed by atoms with van der Waals surface area (Å²) in [4.78, 5) is 4.91. The molecule has 0 spiro atoms. The number of anilines is 1. The first-order chi connectivity index (χ1) is 15.5. The Morgan fingerprint density at radius 3 is 2.09 bits per heavy atom. The molecule has 0 radical (unpaired) electrons. The van der Waals surface area contributed by atoms with Crippen molar-refractivity contribution >= 4 is 21.4 Å². The second-order valence-electron chi connectivity index (χ2n) is 7.62. The summed E-state index contributed by atoms with van der Waals surface area (Å²) in [6, 6.07) is 28.0. The van der Waals surface area contributed by atoms with E-state index in [4.69, 9.17) is 4.98 Å². The number of sulfonamides is 1. The number of fused-ring (bicyclic) bond motifs is 1. The smallest absolute Gasteiger partial charge is 0.261 e. The molecular formula is C26H21N3O2S. The van der Waals surface area contributed by atoms with Gasteiger partial charge in [-0.2, -0.15) is 0 Å². The van der Waals surface area contributed by atoms with Crippen LogP contribution < -0.4 is 4.72 Å². The zero-order valence-electron chi connectivity index (χ0n) is 17.4.